The second-order valence-corrected chi connectivity index (χ2v) is 18.8. The molecular weight excluding hydrogens is 997 g/mol. The maximum Gasteiger partial charge on any atom is 0.411 e. The Bertz CT molecular complexity index is 3050. The lowest BCUT2D eigenvalue weighted by molar-refractivity contribution is -0.147. The van der Waals surface area contributed by atoms with Crippen molar-refractivity contribution in [3.05, 3.63) is 102 Å². The number of nitrogens with two attached hydrogens (primary N) is 1. The van der Waals surface area contributed by atoms with Gasteiger partial charge in [0.05, 0.1) is 0 Å². The average Bonchev–Trinajstić information content (AvgIpc) is 3.72. The molecule has 10 N–H and O–H groups in total. The summed E-state index contributed by atoms with van der Waals surface area (Å²) in [6.45, 7) is 4.22. The number of likely N-dealkylation sites (N-methyl/N-ethyl adjacent to an activating group) is 1. The van der Waals surface area contributed by atoms with Crippen molar-refractivity contribution in [2.45, 2.75) is 83.6 Å². The van der Waals surface area contributed by atoms with E-state index in [9.17, 15) is 57.8 Å². The van der Waals surface area contributed by atoms with Gasteiger partial charge in [-0.05, 0) is 88.0 Å². The topological polar surface area (TPSA) is 334 Å². The van der Waals surface area contributed by atoms with Gasteiger partial charge in [0.2, 0.25) is 35.8 Å². The van der Waals surface area contributed by atoms with E-state index in [-0.39, 0.29) is 50.3 Å². The maximum atomic E-state index is 13.8. The molecule has 1 heterocycles. The lowest BCUT2D eigenvalue weighted by atomic mass is 9.92. The van der Waals surface area contributed by atoms with Gasteiger partial charge in [-0.25, -0.2) is 14.4 Å². The highest BCUT2D eigenvalue weighted by Crippen LogP contribution is 2.36. The molecule has 23 heteroatoms. The summed E-state index contributed by atoms with van der Waals surface area (Å²) in [6.07, 6.45) is 1.33. The quantitative estimate of drug-likeness (QED) is 0.0167. The Hall–Kier alpha value is -9.15. The van der Waals surface area contributed by atoms with Gasteiger partial charge in [-0.15, -0.1) is 0 Å². The van der Waals surface area contributed by atoms with Crippen LogP contribution in [-0.2, 0) is 54.4 Å². The van der Waals surface area contributed by atoms with Crippen molar-refractivity contribution in [1.82, 2.24) is 41.7 Å². The number of urea groups is 1. The van der Waals surface area contributed by atoms with E-state index in [2.05, 4.69) is 56.2 Å². The number of hydrogen-bond donors (Lipinski definition) is 9. The fraction of sp³-hybridized carbons (Fsp3) is 0.352. The first kappa shape index (κ1) is 57.1. The molecule has 0 saturated carbocycles. The predicted molar refractivity (Wildman–Crippen MR) is 282 cm³/mol. The zero-order chi connectivity index (χ0) is 55.9. The Morgan fingerprint density at radius 2 is 1.32 bits per heavy atom. The largest absolute Gasteiger partial charge is 0.479 e. The molecule has 0 saturated heterocycles. The minimum atomic E-state index is -2.01. The Balaban J connectivity index is 1.13. The van der Waals surface area contributed by atoms with Crippen LogP contribution in [0.15, 0.2) is 91.0 Å². The van der Waals surface area contributed by atoms with Gasteiger partial charge in [0.1, 0.15) is 18.6 Å². The molecule has 5 aromatic carbocycles. The summed E-state index contributed by atoms with van der Waals surface area (Å²) in [4.78, 5) is 142. The molecule has 77 heavy (non-hydrogen) atoms. The predicted octanol–water partition coefficient (Wildman–Crippen LogP) is 2.82. The highest BCUT2D eigenvalue weighted by Gasteiger charge is 2.34. The molecule has 0 spiro atoms. The third-order valence-corrected chi connectivity index (χ3v) is 12.7. The number of nitrogens with one attached hydrogen (secondary N) is 7. The van der Waals surface area contributed by atoms with Crippen molar-refractivity contribution in [2.75, 3.05) is 38.5 Å². The number of carboxylic acids is 1. The molecule has 0 aromatic heterocycles. The van der Waals surface area contributed by atoms with Crippen LogP contribution in [0.2, 0.25) is 0 Å². The molecule has 1 aliphatic rings. The Labute approximate surface area is 442 Å². The summed E-state index contributed by atoms with van der Waals surface area (Å²) in [7, 11) is 1.34. The van der Waals surface area contributed by atoms with Gasteiger partial charge in [0.15, 0.2) is 0 Å². The molecule has 0 bridgehead atoms. The Morgan fingerprint density at radius 1 is 0.688 bits per heavy atom. The van der Waals surface area contributed by atoms with Gasteiger partial charge in [-0.2, -0.15) is 0 Å². The van der Waals surface area contributed by atoms with Crippen molar-refractivity contribution < 1.29 is 62.6 Å². The van der Waals surface area contributed by atoms with E-state index in [1.165, 1.54) is 43.5 Å². The number of aliphatic carboxylic acids is 1. The second kappa shape index (κ2) is 26.4. The van der Waals surface area contributed by atoms with E-state index in [1.54, 1.807) is 13.8 Å². The molecule has 4 atom stereocenters. The van der Waals surface area contributed by atoms with Crippen LogP contribution in [0.1, 0.15) is 70.1 Å². The first-order valence-corrected chi connectivity index (χ1v) is 24.9. The molecule has 11 amide bonds. The highest BCUT2D eigenvalue weighted by molar-refractivity contribution is 6.23. The van der Waals surface area contributed by atoms with Crippen LogP contribution in [0, 0.1) is 5.92 Å². The van der Waals surface area contributed by atoms with Crippen LogP contribution in [0.3, 0.4) is 0 Å². The zero-order valence-electron chi connectivity index (χ0n) is 42.9. The van der Waals surface area contributed by atoms with Gasteiger partial charge in [0, 0.05) is 63.6 Å². The van der Waals surface area contributed by atoms with Gasteiger partial charge in [-0.3, -0.25) is 43.3 Å². The molecule has 0 fully saturated rings. The number of carboxylic acid groups (broad SMARTS) is 1. The monoisotopic (exact) mass is 1060 g/mol. The lowest BCUT2D eigenvalue weighted by Gasteiger charge is -2.26. The van der Waals surface area contributed by atoms with Gasteiger partial charge >= 0.3 is 18.1 Å². The summed E-state index contributed by atoms with van der Waals surface area (Å²) in [5.74, 6) is -7.94. The minimum Gasteiger partial charge on any atom is -0.479 e. The van der Waals surface area contributed by atoms with E-state index in [0.29, 0.717) is 19.3 Å². The minimum absolute atomic E-state index is 0.0217. The van der Waals surface area contributed by atoms with E-state index in [4.69, 9.17) is 10.5 Å². The fourth-order valence-electron chi connectivity index (χ4n) is 8.70. The third-order valence-electron chi connectivity index (χ3n) is 12.7. The molecule has 1 unspecified atom stereocenters. The summed E-state index contributed by atoms with van der Waals surface area (Å²) in [5.41, 5.74) is 6.39. The van der Waals surface area contributed by atoms with Crippen LogP contribution < -0.4 is 43.0 Å². The highest BCUT2D eigenvalue weighted by atomic mass is 16.6. The van der Waals surface area contributed by atoms with Crippen molar-refractivity contribution in [2.24, 2.45) is 11.7 Å². The maximum absolute atomic E-state index is 13.8. The van der Waals surface area contributed by atoms with Gasteiger partial charge in [-0.1, -0.05) is 80.6 Å². The van der Waals surface area contributed by atoms with Crippen molar-refractivity contribution >= 4 is 103 Å². The Morgan fingerprint density at radius 3 is 1.96 bits per heavy atom. The number of ether oxygens (including phenoxy) is 1. The van der Waals surface area contributed by atoms with E-state index in [0.717, 1.165) is 54.6 Å². The molecular formula is C54H62N10O13. The first-order valence-electron chi connectivity index (χ1n) is 24.9. The van der Waals surface area contributed by atoms with E-state index >= 15 is 0 Å². The number of hydrogen-bond acceptors (Lipinski definition) is 12. The number of rotatable bonds is 26. The van der Waals surface area contributed by atoms with E-state index in [1.807, 2.05) is 35.6 Å². The number of carbonyl (C=O) groups excluding carboxylic acids is 10. The molecule has 0 aliphatic carbocycles. The number of unbranched alkanes of at least 4 members (excludes halogenated alkanes) is 2. The summed E-state index contributed by atoms with van der Waals surface area (Å²) < 4.78 is 5.76. The fourth-order valence-corrected chi connectivity index (χ4v) is 8.70. The summed E-state index contributed by atoms with van der Waals surface area (Å²) >= 11 is 0. The number of carbonyl (C=O) groups is 11. The standard InChI is InChI=1S/C54H62N10O13/c1-30(2)45(62-50(71)46(52(73)74)59-31(3)65)49(70)61-39(12-9-26-57-53(55)75)48(69)60-37-20-17-35(18-21-37)47(51(72)56-25-6-5-7-27-64-41(67)23-24-42(64)68)77-54(76)63(4)29-40(66)58-28-36-16-15-34-14-13-32-10-8-11-33-19-22-38(36)44(34)43(32)33/h8,10-11,13-24,30,39,45-47H,5-7,9,12,25-29H2,1-4H3,(H,56,72)(H,58,66)(H,59,65)(H,60,69)(H,61,70)(H,62,71)(H,73,74)(H3,55,57,75)/t39-,45-,46+,47?/m0/s1. The van der Waals surface area contributed by atoms with E-state index < -0.39 is 102 Å². The van der Waals surface area contributed by atoms with Gasteiger partial charge in [0.25, 0.3) is 23.6 Å². The number of benzene rings is 5. The molecule has 5 aromatic rings. The SMILES string of the molecule is CC(=O)N[C@@H](C(=O)O)C(=O)N[C@H](C(=O)N[C@@H](CCCNC(N)=O)C(=O)Nc1ccc(C(OC(=O)N(C)CC(=O)NCc2ccc3ccc4cccc5ccc2c3c45)C(=O)NCCCCCN2C(=O)C=CC2=O)cc1)C(C)C. The van der Waals surface area contributed by atoms with Gasteiger partial charge < -0.3 is 57.7 Å². The zero-order valence-corrected chi connectivity index (χ0v) is 42.9. The average molecular weight is 1060 g/mol. The van der Waals surface area contributed by atoms with Crippen molar-refractivity contribution in [3.8, 4) is 0 Å². The first-order chi connectivity index (χ1) is 36.7. The smallest absolute Gasteiger partial charge is 0.411 e. The lowest BCUT2D eigenvalue weighted by Crippen LogP contribution is -2.59. The number of amides is 11. The number of anilines is 1. The number of nitrogens with zero attached hydrogens (tertiary/aromatic N) is 2. The van der Waals surface area contributed by atoms with Crippen LogP contribution in [0.5, 0.6) is 0 Å². The van der Waals surface area contributed by atoms with Crippen LogP contribution in [0.25, 0.3) is 32.3 Å². The van der Waals surface area contributed by atoms with Crippen LogP contribution in [-0.4, -0.2) is 132 Å². The number of primary amides is 1. The molecule has 1 aliphatic heterocycles. The van der Waals surface area contributed by atoms with Crippen molar-refractivity contribution in [1.29, 1.82) is 0 Å². The molecule has 6 rings (SSSR count). The van der Waals surface area contributed by atoms with Crippen molar-refractivity contribution in [3.63, 3.8) is 0 Å². The summed E-state index contributed by atoms with van der Waals surface area (Å²) in [6, 6.07) is 18.4. The molecule has 23 nitrogen and oxygen atoms in total. The molecule has 0 radical (unpaired) electrons. The second-order valence-electron chi connectivity index (χ2n) is 18.8. The molecule has 406 valence electrons. The third kappa shape index (κ3) is 15.2. The normalized spacial score (nSPS) is 13.6. The van der Waals surface area contributed by atoms with Crippen LogP contribution in [0.4, 0.5) is 15.3 Å². The summed E-state index contributed by atoms with van der Waals surface area (Å²) in [5, 5.41) is 33.6. The number of imide groups is 1. The Kier molecular flexibility index (Phi) is 19.6. The van der Waals surface area contributed by atoms with Crippen LogP contribution >= 0.6 is 0 Å².